The third-order valence-electron chi connectivity index (χ3n) is 7.99. The fraction of sp³-hybridized carbons (Fsp3) is 0.750. The Morgan fingerprint density at radius 1 is 1.02 bits per heavy atom. The molecule has 1 aromatic rings. The number of aliphatic hydroxyl groups is 2. The third-order valence-corrected chi connectivity index (χ3v) is 10.3. The number of hydrogen-bond acceptors (Lipinski definition) is 5. The predicted molar refractivity (Wildman–Crippen MR) is 168 cm³/mol. The van der Waals surface area contributed by atoms with E-state index in [1.54, 1.807) is 19.1 Å². The Kier molecular flexibility index (Phi) is 14.8. The number of halogens is 1. The van der Waals surface area contributed by atoms with E-state index in [9.17, 15) is 24.0 Å². The van der Waals surface area contributed by atoms with E-state index in [0.717, 1.165) is 31.2 Å². The normalized spacial score (nSPS) is 19.2. The number of carbonyl (C=O) groups excluding carboxylic acids is 2. The minimum Gasteiger partial charge on any atom is -0.390 e. The Hall–Kier alpha value is -1.48. The summed E-state index contributed by atoms with van der Waals surface area (Å²) < 4.78 is 12.5. The average Bonchev–Trinajstić information content (AvgIpc) is 2.91. The fourth-order valence-electron chi connectivity index (χ4n) is 5.34. The molecule has 7 nitrogen and oxygen atoms in total. The summed E-state index contributed by atoms with van der Waals surface area (Å²) in [7, 11) is -1.23. The van der Waals surface area contributed by atoms with Crippen LogP contribution >= 0.6 is 11.6 Å². The van der Waals surface area contributed by atoms with E-state index in [-0.39, 0.29) is 30.0 Å². The molecule has 1 unspecified atom stereocenters. The zero-order valence-corrected chi connectivity index (χ0v) is 27.4. The lowest BCUT2D eigenvalue weighted by atomic mass is 9.82. The lowest BCUT2D eigenvalue weighted by Gasteiger charge is -2.33. The van der Waals surface area contributed by atoms with Crippen LogP contribution in [0.4, 0.5) is 0 Å². The van der Waals surface area contributed by atoms with Gasteiger partial charge in [-0.15, -0.1) is 0 Å². The number of carbonyl (C=O) groups is 2. The molecular weight excluding hydrogens is 560 g/mol. The van der Waals surface area contributed by atoms with Crippen molar-refractivity contribution in [3.8, 4) is 0 Å². The molecule has 0 radical (unpaired) electrons. The van der Waals surface area contributed by atoms with Crippen LogP contribution in [0.5, 0.6) is 0 Å². The van der Waals surface area contributed by atoms with Gasteiger partial charge < -0.3 is 20.8 Å². The highest BCUT2D eigenvalue weighted by Gasteiger charge is 2.33. The molecule has 2 amide bonds. The van der Waals surface area contributed by atoms with Crippen LogP contribution in [0.2, 0.25) is 5.02 Å². The van der Waals surface area contributed by atoms with E-state index in [1.165, 1.54) is 6.42 Å². The maximum absolute atomic E-state index is 13.3. The molecule has 1 fully saturated rings. The average molecular weight is 613 g/mol. The SMILES string of the molecule is CC(C)C[C@H](O)[C@H](O)[C@H](CC1CCCCC1)NC(=O)[C@H](C)CNC(=O)[C@H](Cc1ccc(Cl)cc1)CS(=O)C(C)(C)C. The largest absolute Gasteiger partial charge is 0.390 e. The van der Waals surface area contributed by atoms with Crippen LogP contribution in [-0.2, 0) is 26.8 Å². The number of amides is 2. The molecule has 1 aliphatic carbocycles. The molecule has 0 spiro atoms. The minimum atomic E-state index is -1.23. The number of benzene rings is 1. The van der Waals surface area contributed by atoms with Crippen LogP contribution in [0, 0.1) is 23.7 Å². The van der Waals surface area contributed by atoms with Gasteiger partial charge in [0.2, 0.25) is 11.8 Å². The van der Waals surface area contributed by atoms with Crippen molar-refractivity contribution in [2.45, 2.75) is 116 Å². The van der Waals surface area contributed by atoms with E-state index in [4.69, 9.17) is 11.6 Å². The first-order valence-electron chi connectivity index (χ1n) is 15.2. The van der Waals surface area contributed by atoms with Crippen LogP contribution in [0.25, 0.3) is 0 Å². The summed E-state index contributed by atoms with van der Waals surface area (Å²) in [5.41, 5.74) is 0.922. The van der Waals surface area contributed by atoms with Crippen molar-refractivity contribution in [3.05, 3.63) is 34.9 Å². The van der Waals surface area contributed by atoms with Crippen molar-refractivity contribution in [3.63, 3.8) is 0 Å². The molecule has 1 aliphatic rings. The summed E-state index contributed by atoms with van der Waals surface area (Å²) >= 11 is 6.02. The van der Waals surface area contributed by atoms with Crippen molar-refractivity contribution >= 4 is 34.2 Å². The second-order valence-corrected chi connectivity index (χ2v) is 16.0. The Morgan fingerprint density at radius 3 is 2.20 bits per heavy atom. The van der Waals surface area contributed by atoms with Gasteiger partial charge in [0.05, 0.1) is 24.0 Å². The van der Waals surface area contributed by atoms with Crippen molar-refractivity contribution in [1.29, 1.82) is 0 Å². The maximum Gasteiger partial charge on any atom is 0.224 e. The van der Waals surface area contributed by atoms with Gasteiger partial charge in [0.15, 0.2) is 0 Å². The molecule has 2 rings (SSSR count). The van der Waals surface area contributed by atoms with Gasteiger partial charge in [0, 0.05) is 32.9 Å². The van der Waals surface area contributed by atoms with Gasteiger partial charge in [-0.25, -0.2) is 0 Å². The third kappa shape index (κ3) is 12.7. The summed E-state index contributed by atoms with van der Waals surface area (Å²) in [6.07, 6.45) is 5.16. The standard InChI is InChI=1S/C32H53ClN2O5S/c1-21(2)16-28(36)29(37)27(18-23-10-8-7-9-11-23)35-30(38)22(3)19-34-31(39)25(20-41(40)32(4,5)6)17-24-12-14-26(33)15-13-24/h12-15,21-23,25,27-29,36-37H,7-11,16-20H2,1-6H3,(H,34,39)(H,35,38)/t22-,25-,27+,28+,29-,41?/m1/s1. The molecule has 0 aliphatic heterocycles. The van der Waals surface area contributed by atoms with Crippen molar-refractivity contribution in [1.82, 2.24) is 10.6 Å². The summed E-state index contributed by atoms with van der Waals surface area (Å²) in [6, 6.07) is 6.73. The van der Waals surface area contributed by atoms with Crippen LogP contribution in [0.3, 0.4) is 0 Å². The lowest BCUT2D eigenvalue weighted by Crippen LogP contribution is -2.52. The summed E-state index contributed by atoms with van der Waals surface area (Å²) in [5, 5.41) is 28.2. The van der Waals surface area contributed by atoms with Crippen LogP contribution in [0.15, 0.2) is 24.3 Å². The highest BCUT2D eigenvalue weighted by molar-refractivity contribution is 7.86. The zero-order chi connectivity index (χ0) is 30.7. The van der Waals surface area contributed by atoms with Gasteiger partial charge in [0.25, 0.3) is 0 Å². The number of nitrogens with one attached hydrogen (secondary N) is 2. The van der Waals surface area contributed by atoms with E-state index in [1.807, 2.05) is 46.8 Å². The van der Waals surface area contributed by atoms with Crippen molar-refractivity contribution in [2.75, 3.05) is 12.3 Å². The monoisotopic (exact) mass is 612 g/mol. The van der Waals surface area contributed by atoms with E-state index < -0.39 is 45.6 Å². The highest BCUT2D eigenvalue weighted by atomic mass is 35.5. The van der Waals surface area contributed by atoms with Gasteiger partial charge in [-0.05, 0) is 69.6 Å². The first-order chi connectivity index (χ1) is 19.2. The highest BCUT2D eigenvalue weighted by Crippen LogP contribution is 2.29. The molecule has 9 heteroatoms. The quantitative estimate of drug-likeness (QED) is 0.222. The summed E-state index contributed by atoms with van der Waals surface area (Å²) in [5.74, 6) is -0.763. The van der Waals surface area contributed by atoms with Crippen molar-refractivity contribution in [2.24, 2.45) is 23.7 Å². The van der Waals surface area contributed by atoms with Gasteiger partial charge in [-0.1, -0.05) is 76.6 Å². The Balaban J connectivity index is 2.05. The first kappa shape index (κ1) is 35.7. The summed E-state index contributed by atoms with van der Waals surface area (Å²) in [4.78, 5) is 26.6. The molecule has 1 saturated carbocycles. The lowest BCUT2D eigenvalue weighted by molar-refractivity contribution is -0.128. The zero-order valence-electron chi connectivity index (χ0n) is 25.8. The molecule has 0 bridgehead atoms. The molecule has 41 heavy (non-hydrogen) atoms. The van der Waals surface area contributed by atoms with E-state index >= 15 is 0 Å². The molecule has 234 valence electrons. The van der Waals surface area contributed by atoms with Gasteiger partial charge >= 0.3 is 0 Å². The fourth-order valence-corrected chi connectivity index (χ4v) is 6.60. The molecular formula is C32H53ClN2O5S. The number of rotatable bonds is 15. The van der Waals surface area contributed by atoms with E-state index in [0.29, 0.717) is 30.2 Å². The number of aliphatic hydroxyl groups excluding tert-OH is 2. The first-order valence-corrected chi connectivity index (χ1v) is 16.9. The Bertz CT molecular complexity index is 975. The molecule has 0 heterocycles. The van der Waals surface area contributed by atoms with Gasteiger partial charge in [-0.2, -0.15) is 0 Å². The van der Waals surface area contributed by atoms with Gasteiger partial charge in [0.1, 0.15) is 6.10 Å². The predicted octanol–water partition coefficient (Wildman–Crippen LogP) is 5.02. The Morgan fingerprint density at radius 2 is 1.63 bits per heavy atom. The topological polar surface area (TPSA) is 116 Å². The summed E-state index contributed by atoms with van der Waals surface area (Å²) in [6.45, 7) is 11.5. The van der Waals surface area contributed by atoms with Crippen LogP contribution in [-0.4, -0.2) is 61.5 Å². The minimum absolute atomic E-state index is 0.116. The van der Waals surface area contributed by atoms with Crippen LogP contribution in [0.1, 0.15) is 92.1 Å². The smallest absolute Gasteiger partial charge is 0.224 e. The van der Waals surface area contributed by atoms with Crippen molar-refractivity contribution < 1.29 is 24.0 Å². The van der Waals surface area contributed by atoms with Crippen LogP contribution < -0.4 is 10.6 Å². The number of hydrogen-bond donors (Lipinski definition) is 4. The maximum atomic E-state index is 13.3. The van der Waals surface area contributed by atoms with Gasteiger partial charge in [-0.3, -0.25) is 13.8 Å². The van der Waals surface area contributed by atoms with E-state index in [2.05, 4.69) is 10.6 Å². The second kappa shape index (κ2) is 17.0. The molecule has 0 aromatic heterocycles. The molecule has 4 N–H and O–H groups in total. The molecule has 0 saturated heterocycles. The Labute approximate surface area is 255 Å². The molecule has 1 aromatic carbocycles. The molecule has 6 atom stereocenters. The second-order valence-electron chi connectivity index (χ2n) is 13.3.